The summed E-state index contributed by atoms with van der Waals surface area (Å²) in [4.78, 5) is 39.9. The average molecular weight is 550 g/mol. The van der Waals surface area contributed by atoms with Gasteiger partial charge in [-0.3, -0.25) is 9.59 Å². The second kappa shape index (κ2) is 9.45. The van der Waals surface area contributed by atoms with Crippen LogP contribution < -0.4 is 5.32 Å². The predicted octanol–water partition coefficient (Wildman–Crippen LogP) is 3.15. The highest BCUT2D eigenvalue weighted by atomic mass is 79.9. The van der Waals surface area contributed by atoms with Crippen LogP contribution in [-0.2, 0) is 16.0 Å². The fraction of sp³-hybridized carbons (Fsp3) is 0.360. The molecule has 1 saturated heterocycles. The molecule has 2 aliphatic rings. The molecule has 36 heavy (non-hydrogen) atoms. The molecule has 10 nitrogen and oxygen atoms in total. The largest absolute Gasteiger partial charge is 0.445 e. The van der Waals surface area contributed by atoms with Crippen LogP contribution in [0.3, 0.4) is 0 Å². The summed E-state index contributed by atoms with van der Waals surface area (Å²) in [7, 11) is 0. The molecule has 11 heteroatoms. The highest BCUT2D eigenvalue weighted by Gasteiger charge is 2.34. The summed E-state index contributed by atoms with van der Waals surface area (Å²) in [6.07, 6.45) is 8.25. The first-order valence-electron chi connectivity index (χ1n) is 12.0. The van der Waals surface area contributed by atoms with Gasteiger partial charge in [0.05, 0.1) is 23.8 Å². The molecule has 0 unspecified atom stereocenters. The monoisotopic (exact) mass is 549 g/mol. The Balaban J connectivity index is 1.19. The van der Waals surface area contributed by atoms with Crippen LogP contribution in [0.15, 0.2) is 51.9 Å². The smallest absolute Gasteiger partial charge is 0.239 e. The van der Waals surface area contributed by atoms with E-state index in [2.05, 4.69) is 36.3 Å². The van der Waals surface area contributed by atoms with Crippen molar-refractivity contribution in [1.82, 2.24) is 34.9 Å². The van der Waals surface area contributed by atoms with E-state index in [0.29, 0.717) is 35.9 Å². The Morgan fingerprint density at radius 3 is 2.83 bits per heavy atom. The van der Waals surface area contributed by atoms with E-state index in [1.807, 2.05) is 24.3 Å². The molecule has 1 saturated carbocycles. The van der Waals surface area contributed by atoms with Crippen molar-refractivity contribution in [3.63, 3.8) is 0 Å². The number of benzene rings is 1. The lowest BCUT2D eigenvalue weighted by Gasteiger charge is -2.29. The zero-order valence-electron chi connectivity index (χ0n) is 19.4. The molecule has 0 spiro atoms. The maximum Gasteiger partial charge on any atom is 0.239 e. The van der Waals surface area contributed by atoms with Crippen LogP contribution in [0.4, 0.5) is 0 Å². The summed E-state index contributed by atoms with van der Waals surface area (Å²) >= 11 is 3.53. The van der Waals surface area contributed by atoms with E-state index in [0.717, 1.165) is 47.4 Å². The van der Waals surface area contributed by atoms with E-state index in [1.165, 1.54) is 0 Å². The third-order valence-electron chi connectivity index (χ3n) is 6.93. The van der Waals surface area contributed by atoms with Crippen molar-refractivity contribution in [2.45, 2.75) is 25.7 Å². The second-order valence-electron chi connectivity index (χ2n) is 9.30. The standard InChI is InChI=1S/C25H24BrN7O3/c26-22-19-13-29-20(12-15-1-2-17(11-15)25(35)32-9-7-27-21(34)14-32)30-23(19)33(31-22)18-5-3-16(4-6-18)24-28-8-10-36-24/h3-6,8,10,13,15,17H,1-2,7,9,11-12,14H2,(H,27,34)/t15-,17-/m1/s1. The summed E-state index contributed by atoms with van der Waals surface area (Å²) in [5.41, 5.74) is 2.47. The Labute approximate surface area is 215 Å². The number of carbonyl (C=O) groups is 2. The minimum atomic E-state index is -0.0825. The molecule has 0 bridgehead atoms. The van der Waals surface area contributed by atoms with E-state index in [9.17, 15) is 9.59 Å². The highest BCUT2D eigenvalue weighted by molar-refractivity contribution is 9.10. The van der Waals surface area contributed by atoms with Gasteiger partial charge >= 0.3 is 0 Å². The van der Waals surface area contributed by atoms with Crippen LogP contribution in [-0.4, -0.2) is 61.1 Å². The van der Waals surface area contributed by atoms with Crippen LogP contribution in [0.1, 0.15) is 25.1 Å². The normalized spacial score (nSPS) is 20.1. The second-order valence-corrected chi connectivity index (χ2v) is 10.1. The van der Waals surface area contributed by atoms with Gasteiger partial charge in [0.25, 0.3) is 0 Å². The molecule has 184 valence electrons. The van der Waals surface area contributed by atoms with Crippen molar-refractivity contribution >= 4 is 38.8 Å². The number of fused-ring (bicyclic) bond motifs is 1. The van der Waals surface area contributed by atoms with Gasteiger partial charge in [-0.1, -0.05) is 0 Å². The van der Waals surface area contributed by atoms with Crippen LogP contribution in [0.25, 0.3) is 28.2 Å². The van der Waals surface area contributed by atoms with Gasteiger partial charge in [0.1, 0.15) is 16.7 Å². The van der Waals surface area contributed by atoms with Gasteiger partial charge in [-0.05, 0) is 65.4 Å². The predicted molar refractivity (Wildman–Crippen MR) is 134 cm³/mol. The summed E-state index contributed by atoms with van der Waals surface area (Å²) < 4.78 is 7.85. The minimum absolute atomic E-state index is 0.0357. The van der Waals surface area contributed by atoms with Gasteiger partial charge in [-0.2, -0.15) is 5.10 Å². The maximum atomic E-state index is 12.9. The molecule has 1 aliphatic heterocycles. The summed E-state index contributed by atoms with van der Waals surface area (Å²) in [5, 5.41) is 8.23. The van der Waals surface area contributed by atoms with Gasteiger partial charge in [0.15, 0.2) is 5.65 Å². The third-order valence-corrected chi connectivity index (χ3v) is 7.52. The summed E-state index contributed by atoms with van der Waals surface area (Å²) in [5.74, 6) is 1.61. The number of piperazine rings is 1. The topological polar surface area (TPSA) is 119 Å². The van der Waals surface area contributed by atoms with Crippen LogP contribution in [0.5, 0.6) is 0 Å². The molecule has 1 N–H and O–H groups in total. The van der Waals surface area contributed by atoms with Crippen molar-refractivity contribution in [2.24, 2.45) is 11.8 Å². The van der Waals surface area contributed by atoms with E-state index in [-0.39, 0.29) is 24.3 Å². The number of nitrogens with one attached hydrogen (secondary N) is 1. The van der Waals surface area contributed by atoms with E-state index >= 15 is 0 Å². The molecule has 1 aliphatic carbocycles. The number of hydrogen-bond donors (Lipinski definition) is 1. The van der Waals surface area contributed by atoms with Crippen molar-refractivity contribution in [1.29, 1.82) is 0 Å². The maximum absolute atomic E-state index is 12.9. The van der Waals surface area contributed by atoms with E-state index < -0.39 is 0 Å². The van der Waals surface area contributed by atoms with Gasteiger partial charge in [-0.15, -0.1) is 0 Å². The van der Waals surface area contributed by atoms with Gasteiger partial charge in [0.2, 0.25) is 17.7 Å². The van der Waals surface area contributed by atoms with Crippen molar-refractivity contribution < 1.29 is 14.0 Å². The Hall–Kier alpha value is -3.60. The quantitative estimate of drug-likeness (QED) is 0.406. The molecule has 1 aromatic carbocycles. The Morgan fingerprint density at radius 1 is 1.19 bits per heavy atom. The first-order valence-corrected chi connectivity index (χ1v) is 12.8. The van der Waals surface area contributed by atoms with E-state index in [4.69, 9.17) is 9.40 Å². The molecular formula is C25H24BrN7O3. The van der Waals surface area contributed by atoms with Crippen LogP contribution >= 0.6 is 15.9 Å². The number of oxazole rings is 1. The first kappa shape index (κ1) is 22.8. The molecule has 2 atom stereocenters. The van der Waals surface area contributed by atoms with Crippen LogP contribution in [0, 0.1) is 11.8 Å². The molecule has 4 aromatic rings. The molecule has 0 radical (unpaired) electrons. The SMILES string of the molecule is O=C1CN(C(=O)[C@@H]2CC[C@@H](Cc3ncc4c(Br)nn(-c5ccc(-c6ncco6)cc5)c4n3)C2)CCN1. The molecule has 2 amide bonds. The van der Waals surface area contributed by atoms with Crippen LogP contribution in [0.2, 0.25) is 0 Å². The minimum Gasteiger partial charge on any atom is -0.445 e. The van der Waals surface area contributed by atoms with Gasteiger partial charge < -0.3 is 14.6 Å². The van der Waals surface area contributed by atoms with Crippen molar-refractivity contribution in [2.75, 3.05) is 19.6 Å². The van der Waals surface area contributed by atoms with Crippen molar-refractivity contribution in [3.8, 4) is 17.1 Å². The lowest BCUT2D eigenvalue weighted by atomic mass is 10.00. The fourth-order valence-corrected chi connectivity index (χ4v) is 5.56. The Kier molecular flexibility index (Phi) is 6.00. The molecule has 4 heterocycles. The summed E-state index contributed by atoms with van der Waals surface area (Å²) in [6.45, 7) is 1.28. The Morgan fingerprint density at radius 2 is 2.06 bits per heavy atom. The zero-order chi connectivity index (χ0) is 24.6. The van der Waals surface area contributed by atoms with Gasteiger partial charge in [-0.25, -0.2) is 19.6 Å². The number of amides is 2. The van der Waals surface area contributed by atoms with E-state index in [1.54, 1.807) is 28.2 Å². The van der Waals surface area contributed by atoms with Gasteiger partial charge in [0, 0.05) is 37.2 Å². The zero-order valence-corrected chi connectivity index (χ0v) is 21.0. The molecule has 2 fully saturated rings. The lowest BCUT2D eigenvalue weighted by Crippen LogP contribution is -2.51. The molecular weight excluding hydrogens is 526 g/mol. The Bertz CT molecular complexity index is 1420. The number of rotatable bonds is 5. The number of hydrogen-bond acceptors (Lipinski definition) is 7. The lowest BCUT2D eigenvalue weighted by molar-refractivity contribution is -0.141. The number of nitrogens with zero attached hydrogens (tertiary/aromatic N) is 6. The molecule has 6 rings (SSSR count). The number of carbonyl (C=O) groups excluding carboxylic acids is 2. The number of aromatic nitrogens is 5. The van der Waals surface area contributed by atoms with Crippen molar-refractivity contribution in [3.05, 3.63) is 53.3 Å². The molecule has 3 aromatic heterocycles. The first-order chi connectivity index (χ1) is 17.5. The fourth-order valence-electron chi connectivity index (χ4n) is 5.12. The number of halogens is 1. The third kappa shape index (κ3) is 4.39. The average Bonchev–Trinajstić information content (AvgIpc) is 3.65. The summed E-state index contributed by atoms with van der Waals surface area (Å²) in [6, 6.07) is 7.78. The highest BCUT2D eigenvalue weighted by Crippen LogP contribution is 2.34.